The SMILES string of the molecule is CCn1ccc(C(=O)NC[C@H]2CCc3ccccc3O2)cc1=O. The highest BCUT2D eigenvalue weighted by molar-refractivity contribution is 5.93. The number of amides is 1. The average Bonchev–Trinajstić information content (AvgIpc) is 2.59. The molecule has 120 valence electrons. The van der Waals surface area contributed by atoms with Crippen LogP contribution < -0.4 is 15.6 Å². The number of aromatic nitrogens is 1. The number of hydrogen-bond donors (Lipinski definition) is 1. The van der Waals surface area contributed by atoms with Crippen molar-refractivity contribution in [1.29, 1.82) is 0 Å². The number of nitrogens with one attached hydrogen (secondary N) is 1. The summed E-state index contributed by atoms with van der Waals surface area (Å²) < 4.78 is 7.45. The Morgan fingerprint density at radius 2 is 2.17 bits per heavy atom. The van der Waals surface area contributed by atoms with E-state index in [1.54, 1.807) is 16.8 Å². The van der Waals surface area contributed by atoms with Gasteiger partial charge in [0.1, 0.15) is 11.9 Å². The predicted molar refractivity (Wildman–Crippen MR) is 87.9 cm³/mol. The van der Waals surface area contributed by atoms with Crippen LogP contribution in [0.4, 0.5) is 0 Å². The number of carbonyl (C=O) groups is 1. The van der Waals surface area contributed by atoms with Crippen LogP contribution in [0, 0.1) is 0 Å². The summed E-state index contributed by atoms with van der Waals surface area (Å²) in [6.45, 7) is 2.92. The van der Waals surface area contributed by atoms with Gasteiger partial charge in [-0.25, -0.2) is 0 Å². The lowest BCUT2D eigenvalue weighted by Gasteiger charge is -2.26. The van der Waals surface area contributed by atoms with E-state index in [0.717, 1.165) is 18.6 Å². The average molecular weight is 312 g/mol. The fourth-order valence-corrected chi connectivity index (χ4v) is 2.74. The van der Waals surface area contributed by atoms with Gasteiger partial charge in [0, 0.05) is 24.4 Å². The highest BCUT2D eigenvalue weighted by Crippen LogP contribution is 2.26. The number of para-hydroxylation sites is 1. The molecular weight excluding hydrogens is 292 g/mol. The molecule has 2 aromatic rings. The lowest BCUT2D eigenvalue weighted by molar-refractivity contribution is 0.0918. The van der Waals surface area contributed by atoms with Gasteiger partial charge in [-0.1, -0.05) is 18.2 Å². The van der Waals surface area contributed by atoms with Gasteiger partial charge in [0.15, 0.2) is 0 Å². The molecule has 1 aliphatic rings. The highest BCUT2D eigenvalue weighted by Gasteiger charge is 2.20. The predicted octanol–water partition coefficient (Wildman–Crippen LogP) is 1.99. The molecule has 3 rings (SSSR count). The minimum atomic E-state index is -0.243. The number of hydrogen-bond acceptors (Lipinski definition) is 3. The van der Waals surface area contributed by atoms with Crippen molar-refractivity contribution < 1.29 is 9.53 Å². The number of pyridine rings is 1. The molecule has 1 aromatic heterocycles. The van der Waals surface area contributed by atoms with Crippen molar-refractivity contribution in [3.63, 3.8) is 0 Å². The van der Waals surface area contributed by atoms with Gasteiger partial charge < -0.3 is 14.6 Å². The van der Waals surface area contributed by atoms with Crippen LogP contribution in [0.15, 0.2) is 47.4 Å². The van der Waals surface area contributed by atoms with E-state index >= 15 is 0 Å². The summed E-state index contributed by atoms with van der Waals surface area (Å²) in [7, 11) is 0. The number of fused-ring (bicyclic) bond motifs is 1. The quantitative estimate of drug-likeness (QED) is 0.939. The van der Waals surface area contributed by atoms with Gasteiger partial charge >= 0.3 is 0 Å². The van der Waals surface area contributed by atoms with E-state index in [1.165, 1.54) is 11.6 Å². The van der Waals surface area contributed by atoms with Crippen molar-refractivity contribution >= 4 is 5.91 Å². The molecule has 0 saturated carbocycles. The number of nitrogens with zero attached hydrogens (tertiary/aromatic N) is 1. The zero-order chi connectivity index (χ0) is 16.2. The molecule has 0 unspecified atom stereocenters. The van der Waals surface area contributed by atoms with Gasteiger partial charge in [-0.05, 0) is 37.5 Å². The van der Waals surface area contributed by atoms with E-state index in [4.69, 9.17) is 4.74 Å². The highest BCUT2D eigenvalue weighted by atomic mass is 16.5. The minimum absolute atomic E-state index is 0.0372. The topological polar surface area (TPSA) is 60.3 Å². The Labute approximate surface area is 134 Å². The Morgan fingerprint density at radius 3 is 2.96 bits per heavy atom. The molecule has 5 nitrogen and oxygen atoms in total. The van der Waals surface area contributed by atoms with Crippen LogP contribution in [-0.2, 0) is 13.0 Å². The van der Waals surface area contributed by atoms with Crippen LogP contribution in [0.25, 0.3) is 0 Å². The van der Waals surface area contributed by atoms with Crippen molar-refractivity contribution in [2.45, 2.75) is 32.4 Å². The molecule has 1 atom stereocenters. The maximum atomic E-state index is 12.2. The summed E-state index contributed by atoms with van der Waals surface area (Å²) in [4.78, 5) is 23.9. The molecule has 5 heteroatoms. The van der Waals surface area contributed by atoms with E-state index in [-0.39, 0.29) is 17.6 Å². The van der Waals surface area contributed by atoms with Gasteiger partial charge in [-0.15, -0.1) is 0 Å². The van der Waals surface area contributed by atoms with Crippen molar-refractivity contribution in [3.8, 4) is 5.75 Å². The molecule has 1 aliphatic heterocycles. The summed E-state index contributed by atoms with van der Waals surface area (Å²) in [5.74, 6) is 0.649. The van der Waals surface area contributed by atoms with Crippen LogP contribution in [0.2, 0.25) is 0 Å². The Bertz CT molecular complexity index is 767. The van der Waals surface area contributed by atoms with Crippen LogP contribution in [0.5, 0.6) is 5.75 Å². The molecule has 0 spiro atoms. The normalized spacial score (nSPS) is 16.3. The van der Waals surface area contributed by atoms with E-state index in [0.29, 0.717) is 18.7 Å². The number of carbonyl (C=O) groups excluding carboxylic acids is 1. The van der Waals surface area contributed by atoms with E-state index in [2.05, 4.69) is 11.4 Å². The zero-order valence-corrected chi connectivity index (χ0v) is 13.1. The Morgan fingerprint density at radius 1 is 1.35 bits per heavy atom. The number of ether oxygens (including phenoxy) is 1. The van der Waals surface area contributed by atoms with E-state index < -0.39 is 0 Å². The van der Waals surface area contributed by atoms with Gasteiger partial charge in [0.2, 0.25) is 0 Å². The first-order valence-corrected chi connectivity index (χ1v) is 7.90. The first-order chi connectivity index (χ1) is 11.2. The molecule has 0 saturated heterocycles. The monoisotopic (exact) mass is 312 g/mol. The third kappa shape index (κ3) is 3.44. The molecule has 1 N–H and O–H groups in total. The van der Waals surface area contributed by atoms with E-state index in [9.17, 15) is 9.59 Å². The second kappa shape index (κ2) is 6.69. The summed E-state index contributed by atoms with van der Waals surface area (Å²) in [5.41, 5.74) is 1.43. The summed E-state index contributed by atoms with van der Waals surface area (Å²) in [5, 5.41) is 2.85. The minimum Gasteiger partial charge on any atom is -0.488 e. The van der Waals surface area contributed by atoms with E-state index in [1.807, 2.05) is 25.1 Å². The van der Waals surface area contributed by atoms with Crippen molar-refractivity contribution in [1.82, 2.24) is 9.88 Å². The van der Waals surface area contributed by atoms with Crippen LogP contribution >= 0.6 is 0 Å². The molecule has 2 heterocycles. The lowest BCUT2D eigenvalue weighted by Crippen LogP contribution is -2.37. The second-order valence-corrected chi connectivity index (χ2v) is 5.64. The molecule has 0 radical (unpaired) electrons. The first kappa shape index (κ1) is 15.3. The van der Waals surface area contributed by atoms with Gasteiger partial charge in [0.05, 0.1) is 6.54 Å². The van der Waals surface area contributed by atoms with Crippen LogP contribution in [0.3, 0.4) is 0 Å². The van der Waals surface area contributed by atoms with Gasteiger partial charge in [-0.2, -0.15) is 0 Å². The molecule has 1 aromatic carbocycles. The smallest absolute Gasteiger partial charge is 0.251 e. The Balaban J connectivity index is 1.60. The van der Waals surface area contributed by atoms with Gasteiger partial charge in [0.25, 0.3) is 11.5 Å². The van der Waals surface area contributed by atoms with Crippen molar-refractivity contribution in [3.05, 3.63) is 64.1 Å². The summed E-state index contributed by atoms with van der Waals surface area (Å²) in [6.07, 6.45) is 3.42. The summed E-state index contributed by atoms with van der Waals surface area (Å²) >= 11 is 0. The maximum Gasteiger partial charge on any atom is 0.251 e. The van der Waals surface area contributed by atoms with Crippen molar-refractivity contribution in [2.75, 3.05) is 6.54 Å². The van der Waals surface area contributed by atoms with Crippen LogP contribution in [0.1, 0.15) is 29.3 Å². The molecular formula is C18H20N2O3. The Hall–Kier alpha value is -2.56. The molecule has 23 heavy (non-hydrogen) atoms. The lowest BCUT2D eigenvalue weighted by atomic mass is 10.0. The third-order valence-electron chi connectivity index (χ3n) is 4.09. The number of benzene rings is 1. The second-order valence-electron chi connectivity index (χ2n) is 5.64. The zero-order valence-electron chi connectivity index (χ0n) is 13.1. The fraction of sp³-hybridized carbons (Fsp3) is 0.333. The first-order valence-electron chi connectivity index (χ1n) is 7.90. The maximum absolute atomic E-state index is 12.2. The molecule has 0 aliphatic carbocycles. The standard InChI is InChI=1S/C18H20N2O3/c1-2-20-10-9-14(11-17(20)21)18(22)19-12-15-8-7-13-5-3-4-6-16(13)23-15/h3-6,9-11,15H,2,7-8,12H2,1H3,(H,19,22)/t15-/m1/s1. The summed E-state index contributed by atoms with van der Waals surface area (Å²) in [6, 6.07) is 11.0. The number of aryl methyl sites for hydroxylation is 2. The fourth-order valence-electron chi connectivity index (χ4n) is 2.74. The largest absolute Gasteiger partial charge is 0.488 e. The number of rotatable bonds is 4. The molecule has 0 fully saturated rings. The Kier molecular flexibility index (Phi) is 4.46. The third-order valence-corrected chi connectivity index (χ3v) is 4.09. The van der Waals surface area contributed by atoms with Gasteiger partial charge in [-0.3, -0.25) is 9.59 Å². The van der Waals surface area contributed by atoms with Crippen LogP contribution in [-0.4, -0.2) is 23.1 Å². The molecule has 0 bridgehead atoms. The molecule has 1 amide bonds. The van der Waals surface area contributed by atoms with Crippen molar-refractivity contribution in [2.24, 2.45) is 0 Å².